The third kappa shape index (κ3) is 4.79. The Bertz CT molecular complexity index is 379. The van der Waals surface area contributed by atoms with Crippen LogP contribution < -0.4 is 5.32 Å². The maximum Gasteiger partial charge on any atom is 0.0914 e. The molecule has 0 radical (unpaired) electrons. The molecule has 3 heteroatoms. The zero-order valence-electron chi connectivity index (χ0n) is 11.6. The Morgan fingerprint density at radius 3 is 2.68 bits per heavy atom. The Morgan fingerprint density at radius 1 is 1.21 bits per heavy atom. The van der Waals surface area contributed by atoms with Crippen molar-refractivity contribution in [2.24, 2.45) is 5.92 Å². The minimum atomic E-state index is -0.446. The van der Waals surface area contributed by atoms with Crippen LogP contribution in [0.1, 0.15) is 50.7 Å². The van der Waals surface area contributed by atoms with Crippen LogP contribution >= 0.6 is 11.6 Å². The molecule has 106 valence electrons. The van der Waals surface area contributed by atoms with Gasteiger partial charge in [0.2, 0.25) is 0 Å². The second-order valence-corrected chi connectivity index (χ2v) is 6.22. The van der Waals surface area contributed by atoms with E-state index in [1.165, 1.54) is 32.1 Å². The molecule has 2 rings (SSSR count). The molecular weight excluding hydrogens is 258 g/mol. The van der Waals surface area contributed by atoms with E-state index in [0.29, 0.717) is 17.6 Å². The van der Waals surface area contributed by atoms with Gasteiger partial charge < -0.3 is 10.4 Å². The summed E-state index contributed by atoms with van der Waals surface area (Å²) in [5.74, 6) is 0.855. The molecule has 2 nitrogen and oxygen atoms in total. The lowest BCUT2D eigenvalue weighted by atomic mass is 10.0. The number of hydrogen-bond acceptors (Lipinski definition) is 2. The van der Waals surface area contributed by atoms with Crippen LogP contribution in [0.2, 0.25) is 5.02 Å². The first-order chi connectivity index (χ1) is 9.15. The van der Waals surface area contributed by atoms with Crippen molar-refractivity contribution < 1.29 is 5.11 Å². The summed E-state index contributed by atoms with van der Waals surface area (Å²) in [5, 5.41) is 14.4. The minimum Gasteiger partial charge on any atom is -0.387 e. The van der Waals surface area contributed by atoms with Gasteiger partial charge in [-0.2, -0.15) is 0 Å². The Balaban J connectivity index is 1.79. The fraction of sp³-hybridized carbons (Fsp3) is 0.625. The van der Waals surface area contributed by atoms with E-state index in [1.807, 2.05) is 24.3 Å². The predicted molar refractivity (Wildman–Crippen MR) is 80.5 cm³/mol. The summed E-state index contributed by atoms with van der Waals surface area (Å²) in [5.41, 5.74) is 0.930. The van der Waals surface area contributed by atoms with Crippen LogP contribution in [0.25, 0.3) is 0 Å². The van der Waals surface area contributed by atoms with Gasteiger partial charge in [-0.15, -0.1) is 0 Å². The SMILES string of the molecule is CC1CCCC(NCC(O)c2ccc(Cl)cc2)CC1. The summed E-state index contributed by atoms with van der Waals surface area (Å²) in [6, 6.07) is 8.00. The van der Waals surface area contributed by atoms with Crippen LogP contribution in [0.4, 0.5) is 0 Å². The van der Waals surface area contributed by atoms with Crippen LogP contribution in [0.5, 0.6) is 0 Å². The van der Waals surface area contributed by atoms with E-state index in [0.717, 1.165) is 11.5 Å². The molecule has 1 saturated carbocycles. The summed E-state index contributed by atoms with van der Waals surface area (Å²) < 4.78 is 0. The molecule has 0 bridgehead atoms. The lowest BCUT2D eigenvalue weighted by molar-refractivity contribution is 0.168. The van der Waals surface area contributed by atoms with Gasteiger partial charge in [0.15, 0.2) is 0 Å². The van der Waals surface area contributed by atoms with E-state index in [1.54, 1.807) is 0 Å². The van der Waals surface area contributed by atoms with Crippen LogP contribution in [-0.4, -0.2) is 17.7 Å². The zero-order valence-corrected chi connectivity index (χ0v) is 12.4. The Kier molecular flexibility index (Phi) is 5.68. The standard InChI is InChI=1S/C16H24ClNO/c1-12-3-2-4-15(10-5-12)18-11-16(19)13-6-8-14(17)9-7-13/h6-9,12,15-16,18-19H,2-5,10-11H2,1H3. The van der Waals surface area contributed by atoms with Crippen molar-refractivity contribution in [3.8, 4) is 0 Å². The average molecular weight is 282 g/mol. The summed E-state index contributed by atoms with van der Waals surface area (Å²) in [6.07, 6.45) is 5.97. The number of aliphatic hydroxyl groups is 1. The largest absolute Gasteiger partial charge is 0.387 e. The summed E-state index contributed by atoms with van der Waals surface area (Å²) in [6.45, 7) is 2.96. The number of rotatable bonds is 4. The molecule has 0 aliphatic heterocycles. The van der Waals surface area contributed by atoms with Gasteiger partial charge in [-0.05, 0) is 42.9 Å². The van der Waals surface area contributed by atoms with Crippen LogP contribution in [0.15, 0.2) is 24.3 Å². The second-order valence-electron chi connectivity index (χ2n) is 5.79. The highest BCUT2D eigenvalue weighted by molar-refractivity contribution is 6.30. The van der Waals surface area contributed by atoms with Gasteiger partial charge in [0.25, 0.3) is 0 Å². The molecule has 0 spiro atoms. The molecular formula is C16H24ClNO. The zero-order chi connectivity index (χ0) is 13.7. The third-order valence-corrected chi connectivity index (χ3v) is 4.36. The molecule has 3 unspecified atom stereocenters. The molecule has 0 heterocycles. The van der Waals surface area contributed by atoms with Gasteiger partial charge in [0.1, 0.15) is 0 Å². The summed E-state index contributed by atoms with van der Waals surface area (Å²) in [4.78, 5) is 0. The van der Waals surface area contributed by atoms with Crippen molar-refractivity contribution in [1.29, 1.82) is 0 Å². The maximum atomic E-state index is 10.2. The van der Waals surface area contributed by atoms with Gasteiger partial charge in [0, 0.05) is 17.6 Å². The van der Waals surface area contributed by atoms with Crippen molar-refractivity contribution >= 4 is 11.6 Å². The van der Waals surface area contributed by atoms with Gasteiger partial charge in [0.05, 0.1) is 6.10 Å². The number of benzene rings is 1. The topological polar surface area (TPSA) is 32.3 Å². The highest BCUT2D eigenvalue weighted by Crippen LogP contribution is 2.23. The Hall–Kier alpha value is -0.570. The van der Waals surface area contributed by atoms with E-state index >= 15 is 0 Å². The molecule has 1 aromatic carbocycles. The molecule has 2 N–H and O–H groups in total. The van der Waals surface area contributed by atoms with E-state index in [-0.39, 0.29) is 0 Å². The molecule has 0 saturated heterocycles. The smallest absolute Gasteiger partial charge is 0.0914 e. The number of halogens is 1. The van der Waals surface area contributed by atoms with Crippen molar-refractivity contribution in [3.63, 3.8) is 0 Å². The Morgan fingerprint density at radius 2 is 1.95 bits per heavy atom. The molecule has 3 atom stereocenters. The van der Waals surface area contributed by atoms with Crippen molar-refractivity contribution in [3.05, 3.63) is 34.9 Å². The molecule has 1 aromatic rings. The van der Waals surface area contributed by atoms with Gasteiger partial charge >= 0.3 is 0 Å². The monoisotopic (exact) mass is 281 g/mol. The van der Waals surface area contributed by atoms with E-state index in [9.17, 15) is 5.11 Å². The van der Waals surface area contributed by atoms with Gasteiger partial charge in [-0.25, -0.2) is 0 Å². The molecule has 19 heavy (non-hydrogen) atoms. The van der Waals surface area contributed by atoms with Crippen LogP contribution in [0, 0.1) is 5.92 Å². The van der Waals surface area contributed by atoms with E-state index in [2.05, 4.69) is 12.2 Å². The first kappa shape index (κ1) is 14.8. The van der Waals surface area contributed by atoms with Crippen LogP contribution in [0.3, 0.4) is 0 Å². The Labute approximate surface area is 121 Å². The third-order valence-electron chi connectivity index (χ3n) is 4.11. The molecule has 1 aliphatic carbocycles. The molecule has 0 aromatic heterocycles. The predicted octanol–water partition coefficient (Wildman–Crippen LogP) is 3.93. The second kappa shape index (κ2) is 7.28. The number of nitrogens with one attached hydrogen (secondary N) is 1. The van der Waals surface area contributed by atoms with Crippen molar-refractivity contribution in [2.75, 3.05) is 6.54 Å². The maximum absolute atomic E-state index is 10.2. The van der Waals surface area contributed by atoms with E-state index in [4.69, 9.17) is 11.6 Å². The lowest BCUT2D eigenvalue weighted by Crippen LogP contribution is -2.32. The summed E-state index contributed by atoms with van der Waals surface area (Å²) in [7, 11) is 0. The number of aliphatic hydroxyl groups excluding tert-OH is 1. The lowest BCUT2D eigenvalue weighted by Gasteiger charge is -2.19. The first-order valence-electron chi connectivity index (χ1n) is 7.32. The fourth-order valence-corrected chi connectivity index (χ4v) is 2.90. The highest BCUT2D eigenvalue weighted by atomic mass is 35.5. The van der Waals surface area contributed by atoms with E-state index < -0.39 is 6.10 Å². The van der Waals surface area contributed by atoms with Crippen LogP contribution in [-0.2, 0) is 0 Å². The van der Waals surface area contributed by atoms with Gasteiger partial charge in [-0.1, -0.05) is 43.5 Å². The average Bonchev–Trinajstić information content (AvgIpc) is 2.61. The van der Waals surface area contributed by atoms with Gasteiger partial charge in [-0.3, -0.25) is 0 Å². The fourth-order valence-electron chi connectivity index (χ4n) is 2.77. The summed E-state index contributed by atoms with van der Waals surface area (Å²) >= 11 is 5.85. The molecule has 0 amide bonds. The first-order valence-corrected chi connectivity index (χ1v) is 7.70. The number of hydrogen-bond donors (Lipinski definition) is 2. The normalized spacial score (nSPS) is 25.8. The van der Waals surface area contributed by atoms with Crippen molar-refractivity contribution in [2.45, 2.75) is 51.2 Å². The molecule has 1 aliphatic rings. The quantitative estimate of drug-likeness (QED) is 0.820. The van der Waals surface area contributed by atoms with Crippen molar-refractivity contribution in [1.82, 2.24) is 5.32 Å². The molecule has 1 fully saturated rings. The minimum absolute atomic E-state index is 0.446. The highest BCUT2D eigenvalue weighted by Gasteiger charge is 2.17.